The van der Waals surface area contributed by atoms with Gasteiger partial charge in [-0.05, 0) is 25.9 Å². The molecule has 2 saturated heterocycles. The van der Waals surface area contributed by atoms with E-state index < -0.39 is 0 Å². The summed E-state index contributed by atoms with van der Waals surface area (Å²) in [4.78, 5) is 2.32. The molecule has 2 radical (unpaired) electrons. The Morgan fingerprint density at radius 2 is 2.09 bits per heavy atom. The van der Waals surface area contributed by atoms with Gasteiger partial charge in [-0.25, -0.2) is 0 Å². The molecule has 1 N–H and O–H groups in total. The molecule has 0 aromatic heterocycles. The highest BCUT2D eigenvalue weighted by molar-refractivity contribution is 8.00. The molecule has 2 heterocycles. The predicted octanol–water partition coefficient (Wildman–Crippen LogP) is 0.198. The van der Waals surface area contributed by atoms with Crippen LogP contribution in [0.3, 0.4) is 0 Å². The minimum atomic E-state index is 0.399. The van der Waals surface area contributed by atoms with Gasteiger partial charge < -0.3 is 10.1 Å². The molecule has 0 aromatic carbocycles. The minimum Gasteiger partial charge on any atom is -0.353 e. The largest absolute Gasteiger partial charge is 0.353 e. The summed E-state index contributed by atoms with van der Waals surface area (Å²) >= 11 is 2.07. The standard InChI is InChI=1S/C7H13BN2S/c8-10-4-1-7(2-5-10)9-3-6-11-7/h9H,1-6H2. The first-order chi connectivity index (χ1) is 5.31. The fourth-order valence-electron chi connectivity index (χ4n) is 1.78. The van der Waals surface area contributed by atoms with Crippen LogP contribution in [0.15, 0.2) is 0 Å². The summed E-state index contributed by atoms with van der Waals surface area (Å²) in [7, 11) is 5.68. The van der Waals surface area contributed by atoms with Crippen molar-refractivity contribution in [3.8, 4) is 0 Å². The maximum atomic E-state index is 5.68. The molecule has 2 rings (SSSR count). The summed E-state index contributed by atoms with van der Waals surface area (Å²) < 4.78 is 0. The molecule has 0 bridgehead atoms. The van der Waals surface area contributed by atoms with Gasteiger partial charge in [0.25, 0.3) is 0 Å². The molecule has 2 aliphatic heterocycles. The lowest BCUT2D eigenvalue weighted by Gasteiger charge is -2.37. The predicted molar refractivity (Wildman–Crippen MR) is 49.8 cm³/mol. The van der Waals surface area contributed by atoms with Crippen LogP contribution in [0.5, 0.6) is 0 Å². The maximum absolute atomic E-state index is 5.68. The van der Waals surface area contributed by atoms with Gasteiger partial charge in [0, 0.05) is 12.3 Å². The summed E-state index contributed by atoms with van der Waals surface area (Å²) in [6.45, 7) is 3.26. The SMILES string of the molecule is [B]N1CCC2(CC1)NCCS2. The molecule has 0 atom stereocenters. The first-order valence-corrected chi connectivity index (χ1v) is 5.18. The zero-order valence-electron chi connectivity index (χ0n) is 6.68. The molecule has 0 aliphatic carbocycles. The van der Waals surface area contributed by atoms with Crippen molar-refractivity contribution < 1.29 is 0 Å². The Balaban J connectivity index is 1.94. The van der Waals surface area contributed by atoms with E-state index in [1.807, 2.05) is 4.81 Å². The van der Waals surface area contributed by atoms with Gasteiger partial charge in [-0.1, -0.05) is 0 Å². The van der Waals surface area contributed by atoms with Gasteiger partial charge in [0.15, 0.2) is 7.98 Å². The molecule has 60 valence electrons. The van der Waals surface area contributed by atoms with E-state index >= 15 is 0 Å². The Morgan fingerprint density at radius 1 is 1.36 bits per heavy atom. The Bertz CT molecular complexity index is 137. The van der Waals surface area contributed by atoms with Gasteiger partial charge in [0.05, 0.1) is 4.87 Å². The van der Waals surface area contributed by atoms with Crippen molar-refractivity contribution in [2.75, 3.05) is 25.4 Å². The molecule has 0 unspecified atom stereocenters. The number of nitrogens with zero attached hydrogens (tertiary/aromatic N) is 1. The van der Waals surface area contributed by atoms with E-state index in [1.165, 1.54) is 25.1 Å². The zero-order valence-corrected chi connectivity index (χ0v) is 7.49. The van der Waals surface area contributed by atoms with E-state index in [4.69, 9.17) is 7.98 Å². The van der Waals surface area contributed by atoms with E-state index in [1.54, 1.807) is 0 Å². The van der Waals surface area contributed by atoms with Gasteiger partial charge in [-0.3, -0.25) is 0 Å². The van der Waals surface area contributed by atoms with Gasteiger partial charge in [0.2, 0.25) is 0 Å². The Morgan fingerprint density at radius 3 is 2.64 bits per heavy atom. The highest BCUT2D eigenvalue weighted by Crippen LogP contribution is 2.36. The molecule has 2 fully saturated rings. The van der Waals surface area contributed by atoms with Crippen molar-refractivity contribution in [1.29, 1.82) is 0 Å². The third-order valence-electron chi connectivity index (χ3n) is 2.53. The first-order valence-electron chi connectivity index (χ1n) is 4.19. The van der Waals surface area contributed by atoms with Crippen LogP contribution in [0, 0.1) is 0 Å². The van der Waals surface area contributed by atoms with Gasteiger partial charge in [0.1, 0.15) is 0 Å². The van der Waals surface area contributed by atoms with Crippen LogP contribution < -0.4 is 5.32 Å². The lowest BCUT2D eigenvalue weighted by molar-refractivity contribution is 0.285. The summed E-state index contributed by atoms with van der Waals surface area (Å²) in [6.07, 6.45) is 2.41. The van der Waals surface area contributed by atoms with Crippen molar-refractivity contribution in [3.63, 3.8) is 0 Å². The lowest BCUT2D eigenvalue weighted by Crippen LogP contribution is -2.47. The second-order valence-electron chi connectivity index (χ2n) is 3.31. The summed E-state index contributed by atoms with van der Waals surface area (Å²) in [6, 6.07) is 0. The number of nitrogens with one attached hydrogen (secondary N) is 1. The molecular weight excluding hydrogens is 155 g/mol. The van der Waals surface area contributed by atoms with E-state index in [9.17, 15) is 0 Å². The molecule has 2 nitrogen and oxygen atoms in total. The maximum Gasteiger partial charge on any atom is 0.182 e. The van der Waals surface area contributed by atoms with Crippen molar-refractivity contribution in [1.82, 2.24) is 10.1 Å². The van der Waals surface area contributed by atoms with Crippen LogP contribution in [0.2, 0.25) is 0 Å². The molecule has 0 amide bonds. The van der Waals surface area contributed by atoms with E-state index in [0.29, 0.717) is 4.87 Å². The molecular formula is C7H13BN2S. The number of hydrogen-bond donors (Lipinski definition) is 1. The first kappa shape index (κ1) is 7.96. The third-order valence-corrected chi connectivity index (χ3v) is 4.05. The van der Waals surface area contributed by atoms with Crippen molar-refractivity contribution in [2.24, 2.45) is 0 Å². The van der Waals surface area contributed by atoms with Crippen LogP contribution in [-0.2, 0) is 0 Å². The number of thioether (sulfide) groups is 1. The average Bonchev–Trinajstić information content (AvgIpc) is 2.45. The van der Waals surface area contributed by atoms with E-state index in [0.717, 1.165) is 13.1 Å². The van der Waals surface area contributed by atoms with Gasteiger partial charge >= 0.3 is 0 Å². The summed E-state index contributed by atoms with van der Waals surface area (Å²) in [5.74, 6) is 1.27. The molecule has 0 aromatic rings. The zero-order chi connectivity index (χ0) is 7.73. The Labute approximate surface area is 73.5 Å². The highest BCUT2D eigenvalue weighted by Gasteiger charge is 2.36. The summed E-state index contributed by atoms with van der Waals surface area (Å²) in [5.41, 5.74) is 0. The second kappa shape index (κ2) is 3.00. The minimum absolute atomic E-state index is 0.399. The van der Waals surface area contributed by atoms with Crippen molar-refractivity contribution >= 4 is 19.7 Å². The monoisotopic (exact) mass is 168 g/mol. The molecule has 11 heavy (non-hydrogen) atoms. The number of hydrogen-bond acceptors (Lipinski definition) is 3. The van der Waals surface area contributed by atoms with Crippen molar-refractivity contribution in [2.45, 2.75) is 17.7 Å². The fraction of sp³-hybridized carbons (Fsp3) is 1.00. The number of piperidine rings is 1. The second-order valence-corrected chi connectivity index (χ2v) is 4.78. The normalized spacial score (nSPS) is 31.3. The third kappa shape index (κ3) is 1.58. The molecule has 2 aliphatic rings. The van der Waals surface area contributed by atoms with E-state index in [-0.39, 0.29) is 0 Å². The fourth-order valence-corrected chi connectivity index (χ4v) is 3.05. The van der Waals surface area contributed by atoms with Crippen LogP contribution >= 0.6 is 11.8 Å². The molecule has 0 saturated carbocycles. The van der Waals surface area contributed by atoms with Crippen LogP contribution in [0.25, 0.3) is 0 Å². The smallest absolute Gasteiger partial charge is 0.182 e. The van der Waals surface area contributed by atoms with Crippen LogP contribution in [0.4, 0.5) is 0 Å². The van der Waals surface area contributed by atoms with Crippen molar-refractivity contribution in [3.05, 3.63) is 0 Å². The van der Waals surface area contributed by atoms with E-state index in [2.05, 4.69) is 17.1 Å². The topological polar surface area (TPSA) is 15.3 Å². The quantitative estimate of drug-likeness (QED) is 0.520. The molecule has 4 heteroatoms. The number of rotatable bonds is 0. The van der Waals surface area contributed by atoms with Crippen LogP contribution in [0.1, 0.15) is 12.8 Å². The Kier molecular flexibility index (Phi) is 2.17. The van der Waals surface area contributed by atoms with Gasteiger partial charge in [-0.2, -0.15) is 0 Å². The van der Waals surface area contributed by atoms with Crippen LogP contribution in [-0.4, -0.2) is 43.1 Å². The van der Waals surface area contributed by atoms with Gasteiger partial charge in [-0.15, -0.1) is 11.8 Å². The highest BCUT2D eigenvalue weighted by atomic mass is 32.2. The lowest BCUT2D eigenvalue weighted by atomic mass is 10.0. The summed E-state index contributed by atoms with van der Waals surface area (Å²) in [5, 5.41) is 3.57. The Hall–Kier alpha value is 0.335. The average molecular weight is 168 g/mol. The molecule has 1 spiro atoms.